The van der Waals surface area contributed by atoms with Crippen LogP contribution in [0.25, 0.3) is 0 Å². The number of thioether (sulfide) groups is 1. The number of hydrogen-bond acceptors (Lipinski definition) is 4. The van der Waals surface area contributed by atoms with E-state index in [-0.39, 0.29) is 5.25 Å². The predicted molar refractivity (Wildman–Crippen MR) is 54.0 cm³/mol. The summed E-state index contributed by atoms with van der Waals surface area (Å²) in [5.74, 6) is 0.621. The Labute approximate surface area is 86.5 Å². The maximum absolute atomic E-state index is 10.7. The summed E-state index contributed by atoms with van der Waals surface area (Å²) in [6, 6.07) is 0. The van der Waals surface area contributed by atoms with Crippen LogP contribution in [0.15, 0.2) is 6.33 Å². The molecule has 78 valence electrons. The van der Waals surface area contributed by atoms with Crippen molar-refractivity contribution in [3.63, 3.8) is 0 Å². The molecule has 1 aromatic rings. The van der Waals surface area contributed by atoms with Gasteiger partial charge in [-0.3, -0.25) is 9.48 Å². The van der Waals surface area contributed by atoms with Crippen molar-refractivity contribution in [2.45, 2.75) is 24.3 Å². The van der Waals surface area contributed by atoms with Gasteiger partial charge in [0.1, 0.15) is 17.4 Å². The zero-order chi connectivity index (χ0) is 10.6. The Balaban J connectivity index is 2.47. The molecule has 0 fully saturated rings. The lowest BCUT2D eigenvalue weighted by Crippen LogP contribution is -2.15. The first-order valence-corrected chi connectivity index (χ1v) is 5.37. The summed E-state index contributed by atoms with van der Waals surface area (Å²) in [7, 11) is 1.80. The normalized spacial score (nSPS) is 12.7. The van der Waals surface area contributed by atoms with Crippen LogP contribution in [0.1, 0.15) is 19.2 Å². The first kappa shape index (κ1) is 11.0. The summed E-state index contributed by atoms with van der Waals surface area (Å²) >= 11 is 1.38. The van der Waals surface area contributed by atoms with Crippen molar-refractivity contribution in [3.8, 4) is 0 Å². The lowest BCUT2D eigenvalue weighted by Gasteiger charge is -2.08. The number of hydrogen-bond donors (Lipinski definition) is 1. The molecule has 0 amide bonds. The lowest BCUT2D eigenvalue weighted by molar-refractivity contribution is -0.136. The van der Waals surface area contributed by atoms with Gasteiger partial charge in [0.25, 0.3) is 0 Å². The molecule has 14 heavy (non-hydrogen) atoms. The van der Waals surface area contributed by atoms with Crippen molar-refractivity contribution in [1.29, 1.82) is 0 Å². The number of carbonyl (C=O) groups is 1. The van der Waals surface area contributed by atoms with Crippen molar-refractivity contribution in [3.05, 3.63) is 12.2 Å². The molecule has 5 nitrogen and oxygen atoms in total. The van der Waals surface area contributed by atoms with Crippen LogP contribution in [0.5, 0.6) is 0 Å². The van der Waals surface area contributed by atoms with Crippen LogP contribution in [0.2, 0.25) is 0 Å². The Morgan fingerprint density at radius 1 is 1.79 bits per heavy atom. The highest BCUT2D eigenvalue weighted by molar-refractivity contribution is 7.99. The number of carboxylic acids is 1. The zero-order valence-electron chi connectivity index (χ0n) is 8.17. The van der Waals surface area contributed by atoms with Crippen molar-refractivity contribution >= 4 is 17.7 Å². The van der Waals surface area contributed by atoms with Crippen LogP contribution in [0, 0.1) is 0 Å². The molecule has 0 aliphatic carbocycles. The van der Waals surface area contributed by atoms with Crippen molar-refractivity contribution < 1.29 is 9.90 Å². The molecule has 1 rings (SSSR count). The quantitative estimate of drug-likeness (QED) is 0.790. The van der Waals surface area contributed by atoms with Gasteiger partial charge < -0.3 is 5.11 Å². The average molecular weight is 215 g/mol. The first-order chi connectivity index (χ1) is 6.65. The number of nitrogens with zero attached hydrogens (tertiary/aromatic N) is 3. The van der Waals surface area contributed by atoms with Crippen LogP contribution in [-0.2, 0) is 17.6 Å². The Morgan fingerprint density at radius 3 is 2.93 bits per heavy atom. The fourth-order valence-electron chi connectivity index (χ4n) is 0.990. The summed E-state index contributed by atoms with van der Waals surface area (Å²) in [6.45, 7) is 1.86. The number of aryl methyl sites for hydroxylation is 1. The number of carboxylic acid groups (broad SMARTS) is 1. The minimum absolute atomic E-state index is 0.355. The highest BCUT2D eigenvalue weighted by atomic mass is 32.2. The molecule has 0 saturated heterocycles. The van der Waals surface area contributed by atoms with E-state index in [1.54, 1.807) is 11.7 Å². The average Bonchev–Trinajstić information content (AvgIpc) is 2.52. The van der Waals surface area contributed by atoms with Gasteiger partial charge in [0, 0.05) is 7.05 Å². The number of aliphatic carboxylic acids is 1. The molecule has 0 spiro atoms. The molecule has 1 heterocycles. The molecule has 1 aromatic heterocycles. The first-order valence-electron chi connectivity index (χ1n) is 4.32. The molecule has 1 atom stereocenters. The molecule has 0 aliphatic heterocycles. The van der Waals surface area contributed by atoms with E-state index in [1.807, 2.05) is 6.92 Å². The van der Waals surface area contributed by atoms with Crippen LogP contribution in [0.4, 0.5) is 0 Å². The van der Waals surface area contributed by atoms with E-state index in [0.29, 0.717) is 12.2 Å². The summed E-state index contributed by atoms with van der Waals surface area (Å²) in [6.07, 6.45) is 2.09. The summed E-state index contributed by atoms with van der Waals surface area (Å²) < 4.78 is 1.65. The molecule has 1 N–H and O–H groups in total. The molecule has 1 unspecified atom stereocenters. The van der Waals surface area contributed by atoms with Gasteiger partial charge in [-0.1, -0.05) is 6.92 Å². The second-order valence-electron chi connectivity index (χ2n) is 2.85. The fraction of sp³-hybridized carbons (Fsp3) is 0.625. The predicted octanol–water partition coefficient (Wildman–Crippen LogP) is 0.911. The SMILES string of the molecule is CCC(SCc1ncnn1C)C(=O)O. The third-order valence-corrected chi connectivity index (χ3v) is 3.23. The van der Waals surface area contributed by atoms with Gasteiger partial charge in [0.15, 0.2) is 0 Å². The van der Waals surface area contributed by atoms with E-state index >= 15 is 0 Å². The monoisotopic (exact) mass is 215 g/mol. The molecule has 0 aromatic carbocycles. The smallest absolute Gasteiger partial charge is 0.316 e. The lowest BCUT2D eigenvalue weighted by atomic mass is 10.3. The Morgan fingerprint density at radius 2 is 2.50 bits per heavy atom. The van der Waals surface area contributed by atoms with Crippen LogP contribution >= 0.6 is 11.8 Å². The van der Waals surface area contributed by atoms with E-state index in [1.165, 1.54) is 18.1 Å². The van der Waals surface area contributed by atoms with E-state index in [4.69, 9.17) is 5.11 Å². The van der Waals surface area contributed by atoms with Crippen molar-refractivity contribution in [2.75, 3.05) is 0 Å². The summed E-state index contributed by atoms with van der Waals surface area (Å²) in [5.41, 5.74) is 0. The van der Waals surface area contributed by atoms with Crippen molar-refractivity contribution in [2.24, 2.45) is 7.05 Å². The van der Waals surface area contributed by atoms with Gasteiger partial charge in [-0.25, -0.2) is 4.98 Å². The summed E-state index contributed by atoms with van der Waals surface area (Å²) in [4.78, 5) is 14.7. The zero-order valence-corrected chi connectivity index (χ0v) is 8.99. The molecular formula is C8H13N3O2S. The maximum atomic E-state index is 10.7. The van der Waals surface area contributed by atoms with E-state index in [0.717, 1.165) is 5.82 Å². The third-order valence-electron chi connectivity index (χ3n) is 1.86. The highest BCUT2D eigenvalue weighted by Crippen LogP contribution is 2.18. The van der Waals surface area contributed by atoms with E-state index in [9.17, 15) is 4.79 Å². The molecule has 0 radical (unpaired) electrons. The molecule has 0 aliphatic rings. The second-order valence-corrected chi connectivity index (χ2v) is 4.04. The van der Waals surface area contributed by atoms with Gasteiger partial charge in [-0.2, -0.15) is 5.10 Å². The maximum Gasteiger partial charge on any atom is 0.316 e. The standard InChI is InChI=1S/C8H13N3O2S/c1-3-6(8(12)13)14-4-7-9-5-10-11(7)2/h5-6H,3-4H2,1-2H3,(H,12,13). The van der Waals surface area contributed by atoms with E-state index < -0.39 is 5.97 Å². The fourth-order valence-corrected chi connectivity index (χ4v) is 1.98. The molecule has 0 bridgehead atoms. The van der Waals surface area contributed by atoms with Crippen LogP contribution in [-0.4, -0.2) is 31.1 Å². The van der Waals surface area contributed by atoms with Gasteiger partial charge >= 0.3 is 5.97 Å². The highest BCUT2D eigenvalue weighted by Gasteiger charge is 2.16. The number of aromatic nitrogens is 3. The van der Waals surface area contributed by atoms with E-state index in [2.05, 4.69) is 10.1 Å². The van der Waals surface area contributed by atoms with Crippen LogP contribution in [0.3, 0.4) is 0 Å². The number of rotatable bonds is 5. The van der Waals surface area contributed by atoms with Crippen molar-refractivity contribution in [1.82, 2.24) is 14.8 Å². The van der Waals surface area contributed by atoms with Gasteiger partial charge in [-0.15, -0.1) is 11.8 Å². The van der Waals surface area contributed by atoms with Gasteiger partial charge in [-0.05, 0) is 6.42 Å². The minimum atomic E-state index is -0.764. The molecular weight excluding hydrogens is 202 g/mol. The second kappa shape index (κ2) is 4.99. The Kier molecular flexibility index (Phi) is 3.94. The van der Waals surface area contributed by atoms with Crippen LogP contribution < -0.4 is 0 Å². The summed E-state index contributed by atoms with van der Waals surface area (Å²) in [5, 5.41) is 12.4. The largest absolute Gasteiger partial charge is 0.480 e. The minimum Gasteiger partial charge on any atom is -0.480 e. The topological polar surface area (TPSA) is 68.0 Å². The van der Waals surface area contributed by atoms with Gasteiger partial charge in [0.2, 0.25) is 0 Å². The third kappa shape index (κ3) is 2.73. The Hall–Kier alpha value is -1.04. The molecule has 0 saturated carbocycles. The Bertz CT molecular complexity index is 313. The molecule has 6 heteroatoms. The van der Waals surface area contributed by atoms with Gasteiger partial charge in [0.05, 0.1) is 5.75 Å².